The van der Waals surface area contributed by atoms with Crippen LogP contribution >= 0.6 is 0 Å². The zero-order valence-corrected chi connectivity index (χ0v) is 24.5. The minimum atomic E-state index is -4.30. The quantitative estimate of drug-likeness (QED) is 0.113. The molecule has 0 N–H and O–H groups in total. The Morgan fingerprint density at radius 1 is 0.609 bits per heavy atom. The molecule has 0 aliphatic carbocycles. The van der Waals surface area contributed by atoms with Crippen LogP contribution in [-0.2, 0) is 12.5 Å². The molecule has 0 saturated heterocycles. The van der Waals surface area contributed by atoms with Crippen molar-refractivity contribution in [1.82, 2.24) is 0 Å². The smallest absolute Gasteiger partial charge is 0.429 e. The Balaban J connectivity index is 1.32. The predicted octanol–water partition coefficient (Wildman–Crippen LogP) is 11.1. The monoisotopic (exact) mass is 633 g/mol. The lowest BCUT2D eigenvalue weighted by molar-refractivity contribution is -0.189. The number of unbranched alkanes of at least 4 members (excludes halogenated alkanes) is 2. The molecular weight excluding hydrogens is 607 g/mol. The van der Waals surface area contributed by atoms with Gasteiger partial charge >= 0.3 is 6.11 Å². The third kappa shape index (κ3) is 6.91. The molecule has 0 aliphatic rings. The Morgan fingerprint density at radius 3 is 1.67 bits per heavy atom. The van der Waals surface area contributed by atoms with E-state index in [9.17, 15) is 26.3 Å². The van der Waals surface area contributed by atoms with E-state index in [0.29, 0.717) is 24.0 Å². The van der Waals surface area contributed by atoms with Crippen LogP contribution < -0.4 is 4.74 Å². The number of rotatable bonds is 10. The van der Waals surface area contributed by atoms with Gasteiger partial charge in [0.05, 0.1) is 5.56 Å². The molecule has 0 atom stereocenters. The maximum Gasteiger partial charge on any atom is 0.432 e. The molecule has 46 heavy (non-hydrogen) atoms. The van der Waals surface area contributed by atoms with E-state index in [1.54, 1.807) is 12.1 Å². The minimum absolute atomic E-state index is 0.0713. The molecule has 0 fully saturated rings. The number of hydrogen-bond donors (Lipinski definition) is 0. The Morgan fingerprint density at radius 2 is 1.13 bits per heavy atom. The fraction of sp³-hybridized carbons (Fsp3) is 0.162. The fourth-order valence-electron chi connectivity index (χ4n) is 5.16. The van der Waals surface area contributed by atoms with Gasteiger partial charge in [-0.3, -0.25) is 0 Å². The largest absolute Gasteiger partial charge is 0.432 e. The molecule has 9 heteroatoms. The zero-order valence-electron chi connectivity index (χ0n) is 24.5. The number of ether oxygens (including phenoxy) is 1. The van der Waals surface area contributed by atoms with Gasteiger partial charge in [-0.15, -0.1) is 0 Å². The van der Waals surface area contributed by atoms with Gasteiger partial charge in [0.1, 0.15) is 46.5 Å². The summed E-state index contributed by atoms with van der Waals surface area (Å²) < 4.78 is 108. The van der Waals surface area contributed by atoms with Crippen molar-refractivity contribution < 1.29 is 35.5 Å². The zero-order chi connectivity index (χ0) is 33.0. The third-order valence-electron chi connectivity index (χ3n) is 7.55. The average Bonchev–Trinajstić information content (AvgIpc) is 3.01. The summed E-state index contributed by atoms with van der Waals surface area (Å²) in [7, 11) is 0. The Bertz CT molecular complexity index is 1910. The molecule has 0 bridgehead atoms. The standard InChI is InChI=1S/C37H26F7NO/c1-2-3-4-5-22-16-34(41)36(35(42)17-22)37(43,44)46-28-12-8-23(9-13-28)24-10-14-29(32(39)18-24)26-11-15-30(33(40)20-26)25-6-7-27(21-45)31(38)19-25/h6-20H,2-5H2,1H3. The van der Waals surface area contributed by atoms with E-state index in [-0.39, 0.29) is 39.1 Å². The molecule has 0 aromatic heterocycles. The van der Waals surface area contributed by atoms with Crippen molar-refractivity contribution in [1.29, 1.82) is 5.26 Å². The van der Waals surface area contributed by atoms with Crippen LogP contribution in [-0.4, -0.2) is 0 Å². The number of hydrogen-bond acceptors (Lipinski definition) is 2. The Kier molecular flexibility index (Phi) is 9.47. The number of alkyl halides is 2. The van der Waals surface area contributed by atoms with Gasteiger partial charge in [0.2, 0.25) is 0 Å². The van der Waals surface area contributed by atoms with E-state index in [4.69, 9.17) is 10.00 Å². The van der Waals surface area contributed by atoms with Crippen LogP contribution in [0.5, 0.6) is 5.75 Å². The molecule has 5 aromatic carbocycles. The van der Waals surface area contributed by atoms with Gasteiger partial charge in [-0.1, -0.05) is 62.2 Å². The fourth-order valence-corrected chi connectivity index (χ4v) is 5.16. The second kappa shape index (κ2) is 13.5. The summed E-state index contributed by atoms with van der Waals surface area (Å²) in [5.41, 5.74) is 0.0235. The van der Waals surface area contributed by atoms with Gasteiger partial charge < -0.3 is 4.74 Å². The van der Waals surface area contributed by atoms with Gasteiger partial charge in [0.25, 0.3) is 0 Å². The van der Waals surface area contributed by atoms with Crippen molar-refractivity contribution in [2.45, 2.75) is 38.7 Å². The van der Waals surface area contributed by atoms with Crippen LogP contribution in [0.25, 0.3) is 33.4 Å². The van der Waals surface area contributed by atoms with Gasteiger partial charge in [0.15, 0.2) is 0 Å². The molecule has 0 radical (unpaired) electrons. The normalized spacial score (nSPS) is 11.4. The Labute approximate surface area is 261 Å². The number of halogens is 7. The van der Waals surface area contributed by atoms with Gasteiger partial charge in [-0.2, -0.15) is 14.0 Å². The van der Waals surface area contributed by atoms with Crippen LogP contribution in [0.3, 0.4) is 0 Å². The van der Waals surface area contributed by atoms with Crippen molar-refractivity contribution in [2.75, 3.05) is 0 Å². The van der Waals surface area contributed by atoms with Gasteiger partial charge in [0, 0.05) is 11.1 Å². The third-order valence-corrected chi connectivity index (χ3v) is 7.55. The van der Waals surface area contributed by atoms with Crippen molar-refractivity contribution >= 4 is 0 Å². The van der Waals surface area contributed by atoms with Crippen molar-refractivity contribution in [3.8, 4) is 45.2 Å². The second-order valence-electron chi connectivity index (χ2n) is 10.7. The van der Waals surface area contributed by atoms with Crippen LogP contribution in [0, 0.1) is 40.4 Å². The molecule has 234 valence electrons. The van der Waals surface area contributed by atoms with Crippen molar-refractivity contribution in [2.24, 2.45) is 0 Å². The SMILES string of the molecule is CCCCCc1cc(F)c(C(F)(F)Oc2ccc(-c3ccc(-c4ccc(-c5ccc(C#N)c(F)c5)c(F)c4)c(F)c3)cc2)c(F)c1. The number of aryl methyl sites for hydroxylation is 1. The molecule has 2 nitrogen and oxygen atoms in total. The van der Waals surface area contributed by atoms with E-state index in [0.717, 1.165) is 37.1 Å². The van der Waals surface area contributed by atoms with E-state index >= 15 is 4.39 Å². The first-order chi connectivity index (χ1) is 22.0. The summed E-state index contributed by atoms with van der Waals surface area (Å²) in [5, 5.41) is 8.90. The topological polar surface area (TPSA) is 33.0 Å². The first kappa shape index (κ1) is 32.3. The number of benzene rings is 5. The maximum absolute atomic E-state index is 15.2. The van der Waals surface area contributed by atoms with E-state index < -0.39 is 40.8 Å². The van der Waals surface area contributed by atoms with Crippen molar-refractivity contribution in [3.05, 3.63) is 137 Å². The lowest BCUT2D eigenvalue weighted by Crippen LogP contribution is -2.25. The second-order valence-corrected chi connectivity index (χ2v) is 10.7. The minimum Gasteiger partial charge on any atom is -0.429 e. The molecule has 0 unspecified atom stereocenters. The van der Waals surface area contributed by atoms with Crippen LogP contribution in [0.15, 0.2) is 91.0 Å². The summed E-state index contributed by atoms with van der Waals surface area (Å²) >= 11 is 0. The molecule has 5 rings (SSSR count). The van der Waals surface area contributed by atoms with Crippen LogP contribution in [0.4, 0.5) is 30.7 Å². The van der Waals surface area contributed by atoms with Gasteiger partial charge in [-0.25, -0.2) is 22.0 Å². The lowest BCUT2D eigenvalue weighted by Gasteiger charge is -2.20. The predicted molar refractivity (Wildman–Crippen MR) is 161 cm³/mol. The summed E-state index contributed by atoms with van der Waals surface area (Å²) in [5.74, 6) is -5.37. The van der Waals surface area contributed by atoms with E-state index in [2.05, 4.69) is 0 Å². The highest BCUT2D eigenvalue weighted by atomic mass is 19.3. The summed E-state index contributed by atoms with van der Waals surface area (Å²) in [6.45, 7) is 1.97. The highest BCUT2D eigenvalue weighted by Crippen LogP contribution is 2.37. The highest BCUT2D eigenvalue weighted by Gasteiger charge is 2.41. The Hall–Kier alpha value is -5.10. The first-order valence-electron chi connectivity index (χ1n) is 14.5. The highest BCUT2D eigenvalue weighted by molar-refractivity contribution is 5.74. The number of nitriles is 1. The molecule has 0 spiro atoms. The van der Waals surface area contributed by atoms with Crippen molar-refractivity contribution in [3.63, 3.8) is 0 Å². The summed E-state index contributed by atoms with van der Waals surface area (Å²) in [6, 6.07) is 20.4. The first-order valence-corrected chi connectivity index (χ1v) is 14.5. The summed E-state index contributed by atoms with van der Waals surface area (Å²) in [4.78, 5) is 0. The van der Waals surface area contributed by atoms with Crippen LogP contribution in [0.2, 0.25) is 0 Å². The van der Waals surface area contributed by atoms with E-state index in [1.165, 1.54) is 60.7 Å². The summed E-state index contributed by atoms with van der Waals surface area (Å²) in [6.07, 6.45) is -1.52. The molecule has 0 amide bonds. The maximum atomic E-state index is 15.2. The lowest BCUT2D eigenvalue weighted by atomic mass is 9.96. The molecule has 0 saturated carbocycles. The van der Waals surface area contributed by atoms with Crippen LogP contribution in [0.1, 0.15) is 42.9 Å². The molecular formula is C37H26F7NO. The molecule has 0 heterocycles. The number of nitrogens with zero attached hydrogens (tertiary/aromatic N) is 1. The molecule has 0 aliphatic heterocycles. The van der Waals surface area contributed by atoms with E-state index in [1.807, 2.05) is 6.92 Å². The average molecular weight is 634 g/mol. The molecule has 5 aromatic rings. The van der Waals surface area contributed by atoms with Gasteiger partial charge in [-0.05, 0) is 89.2 Å².